The molecule has 4 heterocycles. The molecule has 5 rings (SSSR count). The number of fused-ring (bicyclic) bond motifs is 2. The van der Waals surface area contributed by atoms with Crippen molar-refractivity contribution in [1.29, 1.82) is 0 Å². The van der Waals surface area contributed by atoms with Gasteiger partial charge in [0, 0.05) is 11.8 Å². The standard InChI is InChI=1S/C24H21N3O4S/c1-15-8-9-17(30-15)13-26-23(28)20-10-11-21(32-20)27-14-16-5-3-7-19(29-2)22(16)31-24-18(27)6-4-12-25-24/h3-12H,13-14H2,1-2H3,(H,26,28). The number of rotatable bonds is 5. The maximum atomic E-state index is 12.7. The summed E-state index contributed by atoms with van der Waals surface area (Å²) < 4.78 is 17.2. The highest BCUT2D eigenvalue weighted by atomic mass is 32.1. The van der Waals surface area contributed by atoms with Crippen molar-refractivity contribution in [3.8, 4) is 17.4 Å². The molecule has 1 N–H and O–H groups in total. The first-order valence-corrected chi connectivity index (χ1v) is 10.9. The van der Waals surface area contributed by atoms with Gasteiger partial charge in [-0.05, 0) is 49.4 Å². The van der Waals surface area contributed by atoms with E-state index in [4.69, 9.17) is 13.9 Å². The minimum absolute atomic E-state index is 0.144. The number of carbonyl (C=O) groups is 1. The molecule has 0 atom stereocenters. The topological polar surface area (TPSA) is 76.8 Å². The largest absolute Gasteiger partial charge is 0.493 e. The Morgan fingerprint density at radius 2 is 2.09 bits per heavy atom. The molecule has 1 aliphatic heterocycles. The van der Waals surface area contributed by atoms with Crippen molar-refractivity contribution in [1.82, 2.24) is 10.3 Å². The van der Waals surface area contributed by atoms with E-state index in [-0.39, 0.29) is 5.91 Å². The van der Waals surface area contributed by atoms with Crippen LogP contribution in [0.1, 0.15) is 26.8 Å². The Balaban J connectivity index is 1.44. The molecule has 0 aliphatic carbocycles. The third kappa shape index (κ3) is 3.80. The highest BCUT2D eigenvalue weighted by Crippen LogP contribution is 2.45. The third-order valence-electron chi connectivity index (χ3n) is 5.15. The molecule has 1 aliphatic rings. The highest BCUT2D eigenvalue weighted by Gasteiger charge is 2.26. The van der Waals surface area contributed by atoms with E-state index >= 15 is 0 Å². The average Bonchev–Trinajstić information content (AvgIpc) is 3.42. The van der Waals surface area contributed by atoms with E-state index in [0.717, 1.165) is 27.8 Å². The number of amides is 1. The molecule has 0 saturated heterocycles. The molecule has 7 nitrogen and oxygen atoms in total. The number of aryl methyl sites for hydroxylation is 1. The summed E-state index contributed by atoms with van der Waals surface area (Å²) in [7, 11) is 1.62. The predicted octanol–water partition coefficient (Wildman–Crippen LogP) is 5.43. The fourth-order valence-corrected chi connectivity index (χ4v) is 4.54. The predicted molar refractivity (Wildman–Crippen MR) is 122 cm³/mol. The van der Waals surface area contributed by atoms with Crippen LogP contribution in [0.15, 0.2) is 65.2 Å². The first-order valence-electron chi connectivity index (χ1n) is 10.1. The van der Waals surface area contributed by atoms with Crippen LogP contribution in [0, 0.1) is 6.92 Å². The second-order valence-electron chi connectivity index (χ2n) is 7.30. The van der Waals surface area contributed by atoms with E-state index < -0.39 is 0 Å². The Bertz CT molecular complexity index is 1280. The van der Waals surface area contributed by atoms with Crippen molar-refractivity contribution >= 4 is 27.9 Å². The van der Waals surface area contributed by atoms with Crippen molar-refractivity contribution in [3.63, 3.8) is 0 Å². The molecule has 4 aromatic rings. The van der Waals surface area contributed by atoms with Crippen molar-refractivity contribution in [2.24, 2.45) is 0 Å². The lowest BCUT2D eigenvalue weighted by Crippen LogP contribution is -2.21. The van der Waals surface area contributed by atoms with E-state index in [2.05, 4.69) is 15.2 Å². The number of benzene rings is 1. The second kappa shape index (κ2) is 8.39. The number of aromatic nitrogens is 1. The Morgan fingerprint density at radius 1 is 1.19 bits per heavy atom. The van der Waals surface area contributed by atoms with Crippen LogP contribution in [-0.2, 0) is 13.1 Å². The molecule has 0 radical (unpaired) electrons. The van der Waals surface area contributed by atoms with Gasteiger partial charge in [0.05, 0.1) is 30.1 Å². The zero-order valence-corrected chi connectivity index (χ0v) is 18.4. The zero-order valence-electron chi connectivity index (χ0n) is 17.6. The van der Waals surface area contributed by atoms with Crippen LogP contribution in [-0.4, -0.2) is 18.0 Å². The van der Waals surface area contributed by atoms with Crippen molar-refractivity contribution < 1.29 is 18.7 Å². The summed E-state index contributed by atoms with van der Waals surface area (Å²) in [6.07, 6.45) is 1.70. The van der Waals surface area contributed by atoms with Crippen molar-refractivity contribution in [2.45, 2.75) is 20.0 Å². The first-order chi connectivity index (χ1) is 15.6. The number of ether oxygens (including phenoxy) is 2. The summed E-state index contributed by atoms with van der Waals surface area (Å²) >= 11 is 1.41. The van der Waals surface area contributed by atoms with Gasteiger partial charge in [-0.25, -0.2) is 4.98 Å². The minimum atomic E-state index is -0.144. The van der Waals surface area contributed by atoms with Crippen LogP contribution < -0.4 is 19.7 Å². The van der Waals surface area contributed by atoms with Gasteiger partial charge in [-0.15, -0.1) is 11.3 Å². The van der Waals surface area contributed by atoms with E-state index in [1.807, 2.05) is 61.5 Å². The molecule has 0 fully saturated rings. The van der Waals surface area contributed by atoms with Crippen LogP contribution in [0.5, 0.6) is 17.4 Å². The molecule has 162 valence electrons. The molecule has 0 unspecified atom stereocenters. The van der Waals surface area contributed by atoms with Gasteiger partial charge < -0.3 is 24.1 Å². The van der Waals surface area contributed by atoms with E-state index in [0.29, 0.717) is 35.3 Å². The number of hydrogen-bond acceptors (Lipinski definition) is 7. The lowest BCUT2D eigenvalue weighted by Gasteiger charge is -2.21. The summed E-state index contributed by atoms with van der Waals surface area (Å²) in [6, 6.07) is 17.2. The monoisotopic (exact) mass is 447 g/mol. The number of carbonyl (C=O) groups excluding carboxylic acids is 1. The third-order valence-corrected chi connectivity index (χ3v) is 6.26. The molecule has 0 saturated carbocycles. The molecular weight excluding hydrogens is 426 g/mol. The van der Waals surface area contributed by atoms with Crippen LogP contribution in [0.25, 0.3) is 0 Å². The SMILES string of the molecule is COc1cccc2c1Oc1ncccc1N(c1ccc(C(=O)NCc3ccc(C)o3)s1)C2. The Hall–Kier alpha value is -3.78. The number of furan rings is 1. The van der Waals surface area contributed by atoms with Crippen molar-refractivity contribution in [3.05, 3.63) is 82.8 Å². The van der Waals surface area contributed by atoms with Gasteiger partial charge in [-0.3, -0.25) is 4.79 Å². The zero-order chi connectivity index (χ0) is 22.1. The molecule has 3 aromatic heterocycles. The van der Waals surface area contributed by atoms with Gasteiger partial charge in [0.2, 0.25) is 5.88 Å². The number of nitrogens with zero attached hydrogens (tertiary/aromatic N) is 2. The number of thiophene rings is 1. The molecule has 0 spiro atoms. The lowest BCUT2D eigenvalue weighted by atomic mass is 10.1. The number of methoxy groups -OCH3 is 1. The normalized spacial score (nSPS) is 12.4. The molecule has 8 heteroatoms. The summed E-state index contributed by atoms with van der Waals surface area (Å²) in [5.41, 5.74) is 1.79. The number of hydrogen-bond donors (Lipinski definition) is 1. The van der Waals surface area contributed by atoms with Crippen LogP contribution in [0.4, 0.5) is 10.7 Å². The Labute approximate surface area is 189 Å². The summed E-state index contributed by atoms with van der Waals surface area (Å²) in [5.74, 6) is 3.20. The van der Waals surface area contributed by atoms with Gasteiger partial charge >= 0.3 is 0 Å². The molecule has 0 bridgehead atoms. The van der Waals surface area contributed by atoms with E-state index in [9.17, 15) is 4.79 Å². The molecule has 1 aromatic carbocycles. The quantitative estimate of drug-likeness (QED) is 0.440. The minimum Gasteiger partial charge on any atom is -0.493 e. The van der Waals surface area contributed by atoms with Gasteiger partial charge in [-0.2, -0.15) is 0 Å². The fraction of sp³-hybridized carbons (Fsp3) is 0.167. The lowest BCUT2D eigenvalue weighted by molar-refractivity contribution is 0.0952. The highest BCUT2D eigenvalue weighted by molar-refractivity contribution is 7.18. The number of anilines is 2. The summed E-state index contributed by atoms with van der Waals surface area (Å²) in [4.78, 5) is 19.9. The smallest absolute Gasteiger partial charge is 0.261 e. The van der Waals surface area contributed by atoms with Crippen LogP contribution in [0.3, 0.4) is 0 Å². The Kier molecular flexibility index (Phi) is 5.28. The fourth-order valence-electron chi connectivity index (χ4n) is 3.61. The number of nitrogens with one attached hydrogen (secondary N) is 1. The van der Waals surface area contributed by atoms with Gasteiger partial charge in [-0.1, -0.05) is 12.1 Å². The average molecular weight is 448 g/mol. The molecular formula is C24H21N3O4S. The Morgan fingerprint density at radius 3 is 2.91 bits per heavy atom. The van der Waals surface area contributed by atoms with Gasteiger partial charge in [0.15, 0.2) is 11.5 Å². The molecule has 1 amide bonds. The van der Waals surface area contributed by atoms with Crippen molar-refractivity contribution in [2.75, 3.05) is 12.0 Å². The number of pyridine rings is 1. The van der Waals surface area contributed by atoms with Gasteiger partial charge in [0.1, 0.15) is 17.2 Å². The second-order valence-corrected chi connectivity index (χ2v) is 8.36. The maximum absolute atomic E-state index is 12.7. The van der Waals surface area contributed by atoms with Crippen LogP contribution in [0.2, 0.25) is 0 Å². The molecule has 32 heavy (non-hydrogen) atoms. The summed E-state index contributed by atoms with van der Waals surface area (Å²) in [6.45, 7) is 2.78. The number of para-hydroxylation sites is 1. The first kappa shape index (κ1) is 20.1. The maximum Gasteiger partial charge on any atom is 0.261 e. The summed E-state index contributed by atoms with van der Waals surface area (Å²) in [5, 5.41) is 3.83. The van der Waals surface area contributed by atoms with E-state index in [1.54, 1.807) is 13.3 Å². The van der Waals surface area contributed by atoms with E-state index in [1.165, 1.54) is 11.3 Å². The van der Waals surface area contributed by atoms with Crippen LogP contribution >= 0.6 is 11.3 Å². The van der Waals surface area contributed by atoms with Gasteiger partial charge in [0.25, 0.3) is 5.91 Å².